The third-order valence-electron chi connectivity index (χ3n) is 4.09. The van der Waals surface area contributed by atoms with Crippen molar-refractivity contribution in [2.45, 2.75) is 44.9 Å². The normalized spacial score (nSPS) is 16.0. The molecule has 21 heavy (non-hydrogen) atoms. The van der Waals surface area contributed by atoms with Crippen molar-refractivity contribution in [2.75, 3.05) is 20.1 Å². The van der Waals surface area contributed by atoms with E-state index < -0.39 is 6.61 Å². The zero-order chi connectivity index (χ0) is 15.1. The maximum Gasteiger partial charge on any atom is 0.387 e. The Morgan fingerprint density at radius 1 is 1.29 bits per heavy atom. The van der Waals surface area contributed by atoms with Crippen LogP contribution in [-0.2, 0) is 6.54 Å². The minimum atomic E-state index is -2.78. The molecular formula is C16H24F2N2O. The van der Waals surface area contributed by atoms with E-state index in [1.807, 2.05) is 12.1 Å². The molecule has 1 aromatic carbocycles. The van der Waals surface area contributed by atoms with Crippen LogP contribution in [0.15, 0.2) is 24.3 Å². The number of nitrogens with zero attached hydrogens (tertiary/aromatic N) is 1. The zero-order valence-electron chi connectivity index (χ0n) is 12.5. The molecular weight excluding hydrogens is 274 g/mol. The summed E-state index contributed by atoms with van der Waals surface area (Å²) in [5, 5.41) is 3.30. The molecule has 118 valence electrons. The molecule has 0 saturated heterocycles. The summed E-state index contributed by atoms with van der Waals surface area (Å²) in [4.78, 5) is 2.39. The first kappa shape index (κ1) is 16.2. The fraction of sp³-hybridized carbons (Fsp3) is 0.625. The van der Waals surface area contributed by atoms with Gasteiger partial charge in [-0.15, -0.1) is 0 Å². The molecule has 1 aliphatic rings. The molecule has 0 amide bonds. The summed E-state index contributed by atoms with van der Waals surface area (Å²) in [5.74, 6) is 0.254. The Bertz CT molecular complexity index is 422. The second-order valence-electron chi connectivity index (χ2n) is 5.58. The highest BCUT2D eigenvalue weighted by Crippen LogP contribution is 2.22. The first-order chi connectivity index (χ1) is 10.2. The lowest BCUT2D eigenvalue weighted by atomic mass is 10.2. The SMILES string of the molecule is CN(CCNCc1ccccc1OC(F)F)C1CCCC1. The van der Waals surface area contributed by atoms with Crippen LogP contribution < -0.4 is 10.1 Å². The van der Waals surface area contributed by atoms with Gasteiger partial charge in [-0.3, -0.25) is 0 Å². The van der Waals surface area contributed by atoms with Crippen LogP contribution in [0.2, 0.25) is 0 Å². The lowest BCUT2D eigenvalue weighted by molar-refractivity contribution is -0.0504. The van der Waals surface area contributed by atoms with E-state index in [1.54, 1.807) is 12.1 Å². The van der Waals surface area contributed by atoms with Gasteiger partial charge in [-0.05, 0) is 26.0 Å². The Morgan fingerprint density at radius 3 is 2.71 bits per heavy atom. The minimum absolute atomic E-state index is 0.254. The number of likely N-dealkylation sites (N-methyl/N-ethyl adjacent to an activating group) is 1. The van der Waals surface area contributed by atoms with Crippen LogP contribution in [0.1, 0.15) is 31.2 Å². The predicted molar refractivity (Wildman–Crippen MR) is 79.7 cm³/mol. The number of nitrogens with one attached hydrogen (secondary N) is 1. The maximum atomic E-state index is 12.3. The van der Waals surface area contributed by atoms with E-state index in [2.05, 4.69) is 22.0 Å². The molecule has 1 fully saturated rings. The third-order valence-corrected chi connectivity index (χ3v) is 4.09. The number of ether oxygens (including phenoxy) is 1. The third kappa shape index (κ3) is 5.25. The fourth-order valence-electron chi connectivity index (χ4n) is 2.87. The summed E-state index contributed by atoms with van der Waals surface area (Å²) >= 11 is 0. The smallest absolute Gasteiger partial charge is 0.387 e. The quantitative estimate of drug-likeness (QED) is 0.746. The van der Waals surface area contributed by atoms with Crippen molar-refractivity contribution in [3.63, 3.8) is 0 Å². The van der Waals surface area contributed by atoms with Crippen LogP contribution in [0, 0.1) is 0 Å². The molecule has 0 bridgehead atoms. The lowest BCUT2D eigenvalue weighted by Crippen LogP contribution is -2.35. The summed E-state index contributed by atoms with van der Waals surface area (Å²) in [6.07, 6.45) is 5.25. The molecule has 1 aromatic rings. The number of alkyl halides is 2. The topological polar surface area (TPSA) is 24.5 Å². The Morgan fingerprint density at radius 2 is 2.00 bits per heavy atom. The van der Waals surface area contributed by atoms with E-state index in [4.69, 9.17) is 0 Å². The number of halogens is 2. The summed E-state index contributed by atoms with van der Waals surface area (Å²) < 4.78 is 29.2. The molecule has 5 heteroatoms. The second-order valence-corrected chi connectivity index (χ2v) is 5.58. The van der Waals surface area contributed by atoms with Gasteiger partial charge < -0.3 is 15.0 Å². The molecule has 0 aliphatic heterocycles. The van der Waals surface area contributed by atoms with Crippen molar-refractivity contribution in [2.24, 2.45) is 0 Å². The molecule has 0 unspecified atom stereocenters. The van der Waals surface area contributed by atoms with Crippen LogP contribution in [-0.4, -0.2) is 37.7 Å². The zero-order valence-corrected chi connectivity index (χ0v) is 12.5. The van der Waals surface area contributed by atoms with Crippen LogP contribution in [0.3, 0.4) is 0 Å². The predicted octanol–water partition coefficient (Wildman–Crippen LogP) is 3.25. The standard InChI is InChI=1S/C16H24F2N2O/c1-20(14-7-3-4-8-14)11-10-19-12-13-6-2-5-9-15(13)21-16(17)18/h2,5-6,9,14,16,19H,3-4,7-8,10-12H2,1H3. The molecule has 2 rings (SSSR count). The lowest BCUT2D eigenvalue weighted by Gasteiger charge is -2.24. The number of hydrogen-bond acceptors (Lipinski definition) is 3. The molecule has 1 N–H and O–H groups in total. The van der Waals surface area contributed by atoms with Crippen molar-refractivity contribution < 1.29 is 13.5 Å². The van der Waals surface area contributed by atoms with E-state index in [1.165, 1.54) is 25.7 Å². The average molecular weight is 298 g/mol. The van der Waals surface area contributed by atoms with Gasteiger partial charge in [0.05, 0.1) is 0 Å². The number of benzene rings is 1. The fourth-order valence-corrected chi connectivity index (χ4v) is 2.87. The van der Waals surface area contributed by atoms with Gasteiger partial charge in [-0.1, -0.05) is 31.0 Å². The monoisotopic (exact) mass is 298 g/mol. The van der Waals surface area contributed by atoms with E-state index in [0.717, 1.165) is 18.7 Å². The average Bonchev–Trinajstić information content (AvgIpc) is 2.98. The molecule has 0 radical (unpaired) electrons. The van der Waals surface area contributed by atoms with Crippen molar-refractivity contribution in [1.82, 2.24) is 10.2 Å². The van der Waals surface area contributed by atoms with Gasteiger partial charge in [-0.25, -0.2) is 0 Å². The van der Waals surface area contributed by atoms with Crippen LogP contribution in [0.25, 0.3) is 0 Å². The Balaban J connectivity index is 1.73. The van der Waals surface area contributed by atoms with Crippen LogP contribution in [0.4, 0.5) is 8.78 Å². The van der Waals surface area contributed by atoms with Crippen LogP contribution in [0.5, 0.6) is 5.75 Å². The highest BCUT2D eigenvalue weighted by atomic mass is 19.3. The highest BCUT2D eigenvalue weighted by Gasteiger charge is 2.18. The summed E-state index contributed by atoms with van der Waals surface area (Å²) in [6.45, 7) is -0.417. The summed E-state index contributed by atoms with van der Waals surface area (Å²) in [7, 11) is 2.16. The first-order valence-electron chi connectivity index (χ1n) is 7.60. The molecule has 0 atom stereocenters. The van der Waals surface area contributed by atoms with Crippen molar-refractivity contribution in [1.29, 1.82) is 0 Å². The van der Waals surface area contributed by atoms with Gasteiger partial charge in [-0.2, -0.15) is 8.78 Å². The van der Waals surface area contributed by atoms with E-state index >= 15 is 0 Å². The van der Waals surface area contributed by atoms with Gasteiger partial charge in [0, 0.05) is 31.2 Å². The molecule has 1 aliphatic carbocycles. The van der Waals surface area contributed by atoms with Crippen LogP contribution >= 0.6 is 0 Å². The molecule has 3 nitrogen and oxygen atoms in total. The summed E-state index contributed by atoms with van der Waals surface area (Å²) in [5.41, 5.74) is 0.765. The molecule has 0 heterocycles. The van der Waals surface area contributed by atoms with E-state index in [0.29, 0.717) is 12.6 Å². The second kappa shape index (κ2) is 8.29. The van der Waals surface area contributed by atoms with Crippen molar-refractivity contribution >= 4 is 0 Å². The highest BCUT2D eigenvalue weighted by molar-refractivity contribution is 5.33. The van der Waals surface area contributed by atoms with E-state index in [9.17, 15) is 8.78 Å². The van der Waals surface area contributed by atoms with Gasteiger partial charge in [0.15, 0.2) is 0 Å². The Hall–Kier alpha value is -1.20. The minimum Gasteiger partial charge on any atom is -0.434 e. The van der Waals surface area contributed by atoms with Gasteiger partial charge in [0.25, 0.3) is 0 Å². The number of hydrogen-bond donors (Lipinski definition) is 1. The summed E-state index contributed by atoms with van der Waals surface area (Å²) in [6, 6.07) is 7.63. The van der Waals surface area contributed by atoms with Gasteiger partial charge in [0.2, 0.25) is 0 Å². The first-order valence-corrected chi connectivity index (χ1v) is 7.60. The Kier molecular flexibility index (Phi) is 6.39. The number of rotatable bonds is 8. The van der Waals surface area contributed by atoms with Crippen molar-refractivity contribution in [3.05, 3.63) is 29.8 Å². The maximum absolute atomic E-state index is 12.3. The largest absolute Gasteiger partial charge is 0.434 e. The van der Waals surface area contributed by atoms with Gasteiger partial charge >= 0.3 is 6.61 Å². The Labute approximate surface area is 125 Å². The number of para-hydroxylation sites is 1. The molecule has 1 saturated carbocycles. The van der Waals surface area contributed by atoms with Gasteiger partial charge in [0.1, 0.15) is 5.75 Å². The van der Waals surface area contributed by atoms with Crippen molar-refractivity contribution in [3.8, 4) is 5.75 Å². The van der Waals surface area contributed by atoms with E-state index in [-0.39, 0.29) is 5.75 Å². The molecule has 0 spiro atoms. The molecule has 0 aromatic heterocycles.